The maximum Gasteiger partial charge on any atom is 0.339 e. The van der Waals surface area contributed by atoms with Crippen LogP contribution in [0.15, 0.2) is 18.2 Å². The van der Waals surface area contributed by atoms with Crippen molar-refractivity contribution in [3.8, 4) is 0 Å². The van der Waals surface area contributed by atoms with Crippen LogP contribution >= 0.6 is 22.9 Å². The number of nitrogens with zero attached hydrogens (tertiary/aromatic N) is 1. The van der Waals surface area contributed by atoms with Gasteiger partial charge < -0.3 is 10.4 Å². The van der Waals surface area contributed by atoms with E-state index in [2.05, 4.69) is 10.3 Å². The van der Waals surface area contributed by atoms with Gasteiger partial charge in [-0.3, -0.25) is 0 Å². The van der Waals surface area contributed by atoms with Crippen molar-refractivity contribution >= 4 is 34.7 Å². The molecule has 4 nitrogen and oxygen atoms in total. The van der Waals surface area contributed by atoms with Crippen LogP contribution in [0.2, 0.25) is 4.34 Å². The van der Waals surface area contributed by atoms with Gasteiger partial charge in [0.05, 0.1) is 10.9 Å². The minimum Gasteiger partial charge on any atom is -0.478 e. The quantitative estimate of drug-likeness (QED) is 0.902. The molecule has 100 valence electrons. The van der Waals surface area contributed by atoms with E-state index in [0.29, 0.717) is 22.3 Å². The van der Waals surface area contributed by atoms with Crippen molar-refractivity contribution in [3.63, 3.8) is 0 Å². The lowest BCUT2D eigenvalue weighted by atomic mass is 10.1. The summed E-state index contributed by atoms with van der Waals surface area (Å²) in [6, 6.07) is 5.48. The number of carbonyl (C=O) groups is 1. The highest BCUT2D eigenvalue weighted by molar-refractivity contribution is 7.16. The van der Waals surface area contributed by atoms with Crippen molar-refractivity contribution < 1.29 is 9.90 Å². The summed E-state index contributed by atoms with van der Waals surface area (Å²) in [4.78, 5) is 16.6. The molecule has 2 rings (SSSR count). The molecule has 0 spiro atoms. The molecule has 0 aliphatic rings. The summed E-state index contributed by atoms with van der Waals surface area (Å²) in [5, 5.41) is 12.3. The fourth-order valence-corrected chi connectivity index (χ4v) is 2.88. The van der Waals surface area contributed by atoms with Crippen molar-refractivity contribution in [2.24, 2.45) is 0 Å². The Morgan fingerprint density at radius 1 is 1.47 bits per heavy atom. The third-order valence-electron chi connectivity index (χ3n) is 2.62. The number of hydrogen-bond acceptors (Lipinski definition) is 4. The smallest absolute Gasteiger partial charge is 0.339 e. The van der Waals surface area contributed by atoms with Crippen LogP contribution in [0.3, 0.4) is 0 Å². The van der Waals surface area contributed by atoms with E-state index < -0.39 is 5.97 Å². The SMILES string of the molecule is Cc1cc(C)c(C(=O)O)c(NCc2ccc(Cl)s2)n1. The van der Waals surface area contributed by atoms with Gasteiger partial charge in [0.25, 0.3) is 0 Å². The average molecular weight is 297 g/mol. The zero-order valence-electron chi connectivity index (χ0n) is 10.5. The number of aryl methyl sites for hydroxylation is 2. The number of aromatic carboxylic acids is 1. The molecule has 19 heavy (non-hydrogen) atoms. The fourth-order valence-electron chi connectivity index (χ4n) is 1.85. The van der Waals surface area contributed by atoms with Crippen molar-refractivity contribution in [2.45, 2.75) is 20.4 Å². The van der Waals surface area contributed by atoms with Crippen LogP contribution in [-0.2, 0) is 6.54 Å². The van der Waals surface area contributed by atoms with Gasteiger partial charge in [0.15, 0.2) is 0 Å². The van der Waals surface area contributed by atoms with Crippen molar-refractivity contribution in [2.75, 3.05) is 5.32 Å². The van der Waals surface area contributed by atoms with Gasteiger partial charge in [-0.05, 0) is 37.6 Å². The molecule has 0 fully saturated rings. The Balaban J connectivity index is 2.26. The number of carboxylic acid groups (broad SMARTS) is 1. The van der Waals surface area contributed by atoms with Gasteiger partial charge in [-0.2, -0.15) is 0 Å². The number of carboxylic acids is 1. The second-order valence-electron chi connectivity index (χ2n) is 4.17. The van der Waals surface area contributed by atoms with E-state index in [1.54, 1.807) is 13.0 Å². The third kappa shape index (κ3) is 3.24. The maximum absolute atomic E-state index is 11.3. The van der Waals surface area contributed by atoms with Crippen LogP contribution in [0.25, 0.3) is 0 Å². The van der Waals surface area contributed by atoms with E-state index in [1.165, 1.54) is 11.3 Å². The van der Waals surface area contributed by atoms with E-state index in [4.69, 9.17) is 11.6 Å². The number of aromatic nitrogens is 1. The van der Waals surface area contributed by atoms with Gasteiger partial charge >= 0.3 is 5.97 Å². The first-order valence-electron chi connectivity index (χ1n) is 5.67. The summed E-state index contributed by atoms with van der Waals surface area (Å²) < 4.78 is 0.712. The fraction of sp³-hybridized carbons (Fsp3) is 0.231. The lowest BCUT2D eigenvalue weighted by Crippen LogP contribution is -2.10. The number of pyridine rings is 1. The van der Waals surface area contributed by atoms with E-state index in [-0.39, 0.29) is 5.56 Å². The first-order chi connectivity index (χ1) is 8.97. The molecule has 0 aliphatic heterocycles. The minimum absolute atomic E-state index is 0.216. The van der Waals surface area contributed by atoms with Gasteiger partial charge in [0.1, 0.15) is 11.4 Å². The Morgan fingerprint density at radius 3 is 2.79 bits per heavy atom. The molecule has 0 saturated carbocycles. The normalized spacial score (nSPS) is 10.5. The van der Waals surface area contributed by atoms with Crippen molar-refractivity contribution in [1.29, 1.82) is 0 Å². The molecule has 2 heterocycles. The second kappa shape index (κ2) is 5.59. The molecular weight excluding hydrogens is 284 g/mol. The number of nitrogens with one attached hydrogen (secondary N) is 1. The molecule has 0 aliphatic carbocycles. The topological polar surface area (TPSA) is 62.2 Å². The number of rotatable bonds is 4. The molecule has 0 unspecified atom stereocenters. The molecule has 0 aromatic carbocycles. The van der Waals surface area contributed by atoms with Gasteiger partial charge in [-0.15, -0.1) is 11.3 Å². The van der Waals surface area contributed by atoms with Crippen molar-refractivity contribution in [1.82, 2.24) is 4.98 Å². The molecule has 0 atom stereocenters. The predicted molar refractivity (Wildman–Crippen MR) is 77.3 cm³/mol. The highest BCUT2D eigenvalue weighted by Crippen LogP contribution is 2.24. The Labute approximate surface area is 120 Å². The molecule has 2 aromatic heterocycles. The molecule has 0 radical (unpaired) electrons. The lowest BCUT2D eigenvalue weighted by Gasteiger charge is -2.11. The van der Waals surface area contributed by atoms with Crippen molar-refractivity contribution in [3.05, 3.63) is 44.2 Å². The highest BCUT2D eigenvalue weighted by atomic mass is 35.5. The number of halogens is 1. The number of anilines is 1. The summed E-state index contributed by atoms with van der Waals surface area (Å²) in [5.74, 6) is -0.578. The summed E-state index contributed by atoms with van der Waals surface area (Å²) in [7, 11) is 0. The van der Waals surface area contributed by atoms with Gasteiger partial charge in [-0.1, -0.05) is 11.6 Å². The zero-order valence-corrected chi connectivity index (χ0v) is 12.1. The van der Waals surface area contributed by atoms with Gasteiger partial charge in [-0.25, -0.2) is 9.78 Å². The molecule has 2 N–H and O–H groups in total. The van der Waals surface area contributed by atoms with Crippen LogP contribution in [0, 0.1) is 13.8 Å². The lowest BCUT2D eigenvalue weighted by molar-refractivity contribution is 0.0697. The minimum atomic E-state index is -0.975. The van der Waals surface area contributed by atoms with Gasteiger partial charge in [0.2, 0.25) is 0 Å². The monoisotopic (exact) mass is 296 g/mol. The van der Waals surface area contributed by atoms with Crippen LogP contribution in [0.5, 0.6) is 0 Å². The number of thiophene rings is 1. The largest absolute Gasteiger partial charge is 0.478 e. The Kier molecular flexibility index (Phi) is 4.07. The van der Waals surface area contributed by atoms with Crippen LogP contribution in [0.1, 0.15) is 26.5 Å². The van der Waals surface area contributed by atoms with E-state index in [0.717, 1.165) is 10.6 Å². The average Bonchev–Trinajstić information content (AvgIpc) is 2.71. The zero-order chi connectivity index (χ0) is 14.0. The molecule has 6 heteroatoms. The standard InChI is InChI=1S/C13H13ClN2O2S/c1-7-5-8(2)16-12(11(7)13(17)18)15-6-9-3-4-10(14)19-9/h3-5H,6H2,1-2H3,(H,15,16)(H,17,18). The van der Waals surface area contributed by atoms with E-state index in [1.807, 2.05) is 19.1 Å². The molecule has 0 amide bonds. The van der Waals surface area contributed by atoms with E-state index >= 15 is 0 Å². The van der Waals surface area contributed by atoms with Crippen LogP contribution in [-0.4, -0.2) is 16.1 Å². The van der Waals surface area contributed by atoms with Crippen LogP contribution in [0.4, 0.5) is 5.82 Å². The Bertz CT molecular complexity index is 625. The Hall–Kier alpha value is -1.59. The van der Waals surface area contributed by atoms with E-state index in [9.17, 15) is 9.90 Å². The van der Waals surface area contributed by atoms with Crippen LogP contribution < -0.4 is 5.32 Å². The number of hydrogen-bond donors (Lipinski definition) is 2. The summed E-state index contributed by atoms with van der Waals surface area (Å²) >= 11 is 7.31. The molecule has 2 aromatic rings. The second-order valence-corrected chi connectivity index (χ2v) is 5.97. The summed E-state index contributed by atoms with van der Waals surface area (Å²) in [6.45, 7) is 4.12. The Morgan fingerprint density at radius 2 is 2.21 bits per heavy atom. The highest BCUT2D eigenvalue weighted by Gasteiger charge is 2.15. The first kappa shape index (κ1) is 13.8. The third-order valence-corrected chi connectivity index (χ3v) is 3.85. The molecule has 0 bridgehead atoms. The predicted octanol–water partition coefficient (Wildman–Crippen LogP) is 3.72. The summed E-state index contributed by atoms with van der Waals surface area (Å²) in [5.41, 5.74) is 1.70. The molecule has 0 saturated heterocycles. The summed E-state index contributed by atoms with van der Waals surface area (Å²) in [6.07, 6.45) is 0. The molecular formula is C13H13ClN2O2S. The maximum atomic E-state index is 11.3. The first-order valence-corrected chi connectivity index (χ1v) is 6.86. The van der Waals surface area contributed by atoms with Gasteiger partial charge in [0, 0.05) is 10.6 Å².